The lowest BCUT2D eigenvalue weighted by Gasteiger charge is -2.29. The maximum absolute atomic E-state index is 5.90. The number of anilines is 1. The molecule has 0 spiro atoms. The maximum Gasteiger partial charge on any atom is 0.212 e. The van der Waals surface area contributed by atoms with Crippen LogP contribution in [0.2, 0.25) is 0 Å². The van der Waals surface area contributed by atoms with E-state index in [2.05, 4.69) is 28.9 Å². The van der Waals surface area contributed by atoms with Crippen molar-refractivity contribution in [1.29, 1.82) is 0 Å². The minimum Gasteiger partial charge on any atom is -0.327 e. The van der Waals surface area contributed by atoms with Crippen molar-refractivity contribution in [3.8, 4) is 0 Å². The molecule has 2 bridgehead atoms. The van der Waals surface area contributed by atoms with Gasteiger partial charge in [0.05, 0.1) is 6.61 Å². The zero-order chi connectivity index (χ0) is 8.84. The van der Waals surface area contributed by atoms with Crippen LogP contribution in [0.3, 0.4) is 0 Å². The molecular weight excluding hydrogens is 183 g/mol. The van der Waals surface area contributed by atoms with Crippen LogP contribution in [0.25, 0.3) is 0 Å². The van der Waals surface area contributed by atoms with E-state index in [0.717, 1.165) is 13.2 Å². The minimum atomic E-state index is -0.867. The van der Waals surface area contributed by atoms with Crippen molar-refractivity contribution in [3.05, 3.63) is 29.8 Å². The van der Waals surface area contributed by atoms with E-state index in [1.165, 1.54) is 11.3 Å². The Labute approximate surface area is 78.4 Å². The topological polar surface area (TPSA) is 38.5 Å². The average Bonchev–Trinajstić information content (AvgIpc) is 2.48. The van der Waals surface area contributed by atoms with Gasteiger partial charge in [0.15, 0.2) is 0 Å². The number of fused-ring (bicyclic) bond motifs is 5. The van der Waals surface area contributed by atoms with E-state index in [0.29, 0.717) is 5.92 Å². The van der Waals surface area contributed by atoms with Crippen LogP contribution in [0, 0.1) is 0 Å². The maximum atomic E-state index is 5.90. The second kappa shape index (κ2) is 2.68. The van der Waals surface area contributed by atoms with Gasteiger partial charge >= 0.3 is 0 Å². The van der Waals surface area contributed by atoms with E-state index in [1.807, 2.05) is 0 Å². The van der Waals surface area contributed by atoms with E-state index in [1.54, 1.807) is 0 Å². The summed E-state index contributed by atoms with van der Waals surface area (Å²) >= 11 is 0. The number of para-hydroxylation sites is 1. The summed E-state index contributed by atoms with van der Waals surface area (Å²) in [4.78, 5) is 0. The molecule has 2 N–H and O–H groups in total. The fraction of sp³-hybridized carbons (Fsp3) is 0.333. The van der Waals surface area contributed by atoms with Crippen molar-refractivity contribution in [3.63, 3.8) is 0 Å². The Morgan fingerprint density at radius 3 is 3.23 bits per heavy atom. The second-order valence-electron chi connectivity index (χ2n) is 3.44. The standard InChI is InChI=1S/C9H11N2OP/c10-13-11-5-7(6-12-13)8-3-1-2-4-9(8)11/h1-4,7H,5-6,10H2/t7-,13?/m0/s1. The van der Waals surface area contributed by atoms with Gasteiger partial charge in [0, 0.05) is 18.2 Å². The molecule has 0 aliphatic carbocycles. The highest BCUT2D eigenvalue weighted by Crippen LogP contribution is 2.52. The summed E-state index contributed by atoms with van der Waals surface area (Å²) in [5, 5.41) is 0. The Kier molecular flexibility index (Phi) is 1.59. The average molecular weight is 194 g/mol. The summed E-state index contributed by atoms with van der Waals surface area (Å²) in [6.07, 6.45) is 0. The lowest BCUT2D eigenvalue weighted by Crippen LogP contribution is -2.27. The molecular formula is C9H11N2OP. The van der Waals surface area contributed by atoms with Crippen LogP contribution in [-0.4, -0.2) is 13.2 Å². The Hall–Kier alpha value is -0.630. The predicted molar refractivity (Wildman–Crippen MR) is 53.6 cm³/mol. The minimum absolute atomic E-state index is 0.540. The quantitative estimate of drug-likeness (QED) is 0.640. The first-order valence-electron chi connectivity index (χ1n) is 4.40. The summed E-state index contributed by atoms with van der Waals surface area (Å²) in [5.41, 5.74) is 8.58. The highest BCUT2D eigenvalue weighted by atomic mass is 31.2. The monoisotopic (exact) mass is 194 g/mol. The number of hydrogen-bond acceptors (Lipinski definition) is 3. The second-order valence-corrected chi connectivity index (χ2v) is 4.78. The third kappa shape index (κ3) is 1.01. The molecule has 68 valence electrons. The largest absolute Gasteiger partial charge is 0.327 e. The van der Waals surface area contributed by atoms with Crippen molar-refractivity contribution in [2.45, 2.75) is 5.92 Å². The van der Waals surface area contributed by atoms with Crippen molar-refractivity contribution in [1.82, 2.24) is 0 Å². The first kappa shape index (κ1) is 7.74. The van der Waals surface area contributed by atoms with Gasteiger partial charge in [-0.15, -0.1) is 0 Å². The molecule has 1 saturated heterocycles. The van der Waals surface area contributed by atoms with Crippen LogP contribution in [0.15, 0.2) is 24.3 Å². The van der Waals surface area contributed by atoms with Crippen molar-refractivity contribution >= 4 is 14.1 Å². The summed E-state index contributed by atoms with van der Waals surface area (Å²) < 4.78 is 7.71. The van der Waals surface area contributed by atoms with Crippen LogP contribution in [0.5, 0.6) is 0 Å². The fourth-order valence-corrected chi connectivity index (χ4v) is 3.26. The van der Waals surface area contributed by atoms with Crippen molar-refractivity contribution in [2.24, 2.45) is 5.50 Å². The van der Waals surface area contributed by atoms with E-state index < -0.39 is 8.45 Å². The number of benzene rings is 1. The van der Waals surface area contributed by atoms with Gasteiger partial charge in [-0.05, 0) is 11.6 Å². The number of nitrogens with two attached hydrogens (primary N) is 1. The highest BCUT2D eigenvalue weighted by Gasteiger charge is 2.37. The molecule has 1 aromatic rings. The molecule has 13 heavy (non-hydrogen) atoms. The Balaban J connectivity index is 2.13. The molecule has 3 nitrogen and oxygen atoms in total. The normalized spacial score (nSPS) is 30.4. The molecule has 2 aliphatic rings. The molecule has 0 radical (unpaired) electrons. The third-order valence-corrected chi connectivity index (χ3v) is 3.96. The number of rotatable bonds is 0. The molecule has 0 saturated carbocycles. The van der Waals surface area contributed by atoms with Crippen LogP contribution in [0.1, 0.15) is 11.5 Å². The molecule has 2 atom stereocenters. The lowest BCUT2D eigenvalue weighted by molar-refractivity contribution is 0.308. The van der Waals surface area contributed by atoms with Crippen LogP contribution < -0.4 is 10.2 Å². The van der Waals surface area contributed by atoms with Crippen LogP contribution in [-0.2, 0) is 4.52 Å². The SMILES string of the molecule is NP1OC[C@@H]2CN1c1ccccc12. The lowest BCUT2D eigenvalue weighted by atomic mass is 10.0. The van der Waals surface area contributed by atoms with Gasteiger partial charge in [-0.25, -0.2) is 0 Å². The van der Waals surface area contributed by atoms with Gasteiger partial charge in [0.1, 0.15) is 0 Å². The summed E-state index contributed by atoms with van der Waals surface area (Å²) in [6, 6.07) is 8.45. The molecule has 0 amide bonds. The summed E-state index contributed by atoms with van der Waals surface area (Å²) in [7, 11) is -0.867. The first-order chi connectivity index (χ1) is 6.36. The summed E-state index contributed by atoms with van der Waals surface area (Å²) in [6.45, 7) is 1.83. The first-order valence-corrected chi connectivity index (χ1v) is 5.68. The zero-order valence-corrected chi connectivity index (χ0v) is 8.08. The number of hydrogen-bond donors (Lipinski definition) is 1. The summed E-state index contributed by atoms with van der Waals surface area (Å²) in [5.74, 6) is 0.540. The Morgan fingerprint density at radius 1 is 1.46 bits per heavy atom. The van der Waals surface area contributed by atoms with E-state index in [9.17, 15) is 0 Å². The highest BCUT2D eigenvalue weighted by molar-refractivity contribution is 7.51. The van der Waals surface area contributed by atoms with Gasteiger partial charge in [0.2, 0.25) is 8.45 Å². The molecule has 1 unspecified atom stereocenters. The van der Waals surface area contributed by atoms with Gasteiger partial charge < -0.3 is 9.19 Å². The molecule has 3 rings (SSSR count). The number of nitrogens with zero attached hydrogens (tertiary/aromatic N) is 1. The Morgan fingerprint density at radius 2 is 2.31 bits per heavy atom. The van der Waals surface area contributed by atoms with Gasteiger partial charge in [-0.2, -0.15) is 0 Å². The fourth-order valence-electron chi connectivity index (χ4n) is 2.04. The van der Waals surface area contributed by atoms with Gasteiger partial charge in [0.25, 0.3) is 0 Å². The molecule has 1 aromatic carbocycles. The van der Waals surface area contributed by atoms with Crippen LogP contribution in [0.4, 0.5) is 5.69 Å². The molecule has 4 heteroatoms. The van der Waals surface area contributed by atoms with Gasteiger partial charge in [-0.3, -0.25) is 5.50 Å². The van der Waals surface area contributed by atoms with E-state index in [-0.39, 0.29) is 0 Å². The third-order valence-electron chi connectivity index (χ3n) is 2.69. The molecule has 2 aliphatic heterocycles. The van der Waals surface area contributed by atoms with Gasteiger partial charge in [-0.1, -0.05) is 18.2 Å². The van der Waals surface area contributed by atoms with Crippen molar-refractivity contribution < 1.29 is 4.52 Å². The molecule has 1 fully saturated rings. The van der Waals surface area contributed by atoms with Crippen molar-refractivity contribution in [2.75, 3.05) is 17.8 Å². The smallest absolute Gasteiger partial charge is 0.212 e. The predicted octanol–water partition coefficient (Wildman–Crippen LogP) is 1.81. The molecule has 0 aromatic heterocycles. The van der Waals surface area contributed by atoms with E-state index in [4.69, 9.17) is 10.0 Å². The van der Waals surface area contributed by atoms with E-state index >= 15 is 0 Å². The molecule has 2 heterocycles. The zero-order valence-electron chi connectivity index (χ0n) is 7.18. The van der Waals surface area contributed by atoms with Crippen LogP contribution >= 0.6 is 8.45 Å². The Bertz CT molecular complexity index is 344.